The van der Waals surface area contributed by atoms with E-state index in [0.717, 1.165) is 38.5 Å². The zero-order valence-corrected chi connectivity index (χ0v) is 59.8. The number of carbonyl (C=O) groups is 7. The second-order valence-electron chi connectivity index (χ2n) is 28.8. The number of likely N-dealkylation sites (tertiary alicyclic amines) is 2. The minimum absolute atomic E-state index is 0.0000559. The Bertz CT molecular complexity index is 3240. The number of ether oxygens (including phenoxy) is 7. The summed E-state index contributed by atoms with van der Waals surface area (Å²) in [6.45, 7) is 35.8. The van der Waals surface area contributed by atoms with Crippen molar-refractivity contribution in [3.8, 4) is 23.0 Å². The van der Waals surface area contributed by atoms with Gasteiger partial charge in [0.25, 0.3) is 11.8 Å². The summed E-state index contributed by atoms with van der Waals surface area (Å²) in [7, 11) is -1.41. The minimum atomic E-state index is -2.20. The second-order valence-corrected chi connectivity index (χ2v) is 38.4. The van der Waals surface area contributed by atoms with E-state index in [4.69, 9.17) is 42.0 Å². The summed E-state index contributed by atoms with van der Waals surface area (Å²) in [6, 6.07) is 10.5. The van der Waals surface area contributed by atoms with Crippen LogP contribution in [0.2, 0.25) is 36.3 Å². The van der Waals surface area contributed by atoms with Crippen molar-refractivity contribution in [3.63, 3.8) is 0 Å². The standard InChI is InChI=1S/C69H101N7O16Si2/c1-18-29-88-63(81)72-52-35-56(54(84-12)33-50(52)61(79)75-42-68(25-26-68)37-48(75)40-91-93(14,15)66(6,7)8)86-31-20-32-87-57-36-53(51(34-55(57)85-13)62(80)76-43-69(27-28-69)38-49(76)41-92-94(16,17)67(9,10)11)73-64(82)90-39-46-21-23-47(24-22-46)71-59(77)45(5)70-60(78)58(44(3)4)74-65(83)89-30-19-2/h18-19,21-24,33-36,44-45,48-49,58H,1-2,20,25-32,37-43H2,3-17H3,(H,70,78)(H,71,77)(H,72,81)(H,73,82)(H,74,83)/t45-,48-,49-,58-/m0/s1. The molecular weight excluding hydrogens is 1240 g/mol. The Morgan fingerprint density at radius 1 is 0.596 bits per heavy atom. The van der Waals surface area contributed by atoms with Crippen LogP contribution in [0.3, 0.4) is 0 Å². The maximum atomic E-state index is 15.1. The smallest absolute Gasteiger partial charge is 0.411 e. The molecule has 4 atom stereocenters. The largest absolute Gasteiger partial charge is 0.493 e. The Labute approximate surface area is 556 Å². The van der Waals surface area contributed by atoms with Crippen LogP contribution in [0.5, 0.6) is 23.0 Å². The lowest BCUT2D eigenvalue weighted by atomic mass is 10.0. The normalized spacial score (nSPS) is 17.7. The van der Waals surface area contributed by atoms with Gasteiger partial charge in [-0.15, -0.1) is 0 Å². The van der Waals surface area contributed by atoms with E-state index >= 15 is 4.79 Å². The van der Waals surface area contributed by atoms with Crippen LogP contribution in [0.4, 0.5) is 31.4 Å². The number of hydrogen-bond acceptors (Lipinski definition) is 16. The van der Waals surface area contributed by atoms with Gasteiger partial charge >= 0.3 is 18.3 Å². The van der Waals surface area contributed by atoms with Gasteiger partial charge in [-0.3, -0.25) is 29.8 Å². The molecule has 7 amide bonds. The van der Waals surface area contributed by atoms with Crippen LogP contribution in [0.1, 0.15) is 134 Å². The summed E-state index contributed by atoms with van der Waals surface area (Å²) in [4.78, 5) is 99.2. The molecule has 5 N–H and O–H groups in total. The number of rotatable bonds is 30. The van der Waals surface area contributed by atoms with Crippen LogP contribution in [0.25, 0.3) is 0 Å². The molecule has 0 unspecified atom stereocenters. The van der Waals surface area contributed by atoms with Gasteiger partial charge in [0.15, 0.2) is 39.6 Å². The zero-order chi connectivity index (χ0) is 69.1. The van der Waals surface area contributed by atoms with Crippen molar-refractivity contribution in [1.82, 2.24) is 20.4 Å². The number of hydrogen-bond donors (Lipinski definition) is 5. The highest BCUT2D eigenvalue weighted by atomic mass is 28.4. The van der Waals surface area contributed by atoms with Crippen molar-refractivity contribution >= 4 is 75.6 Å². The first-order chi connectivity index (χ1) is 44.2. The monoisotopic (exact) mass is 1340 g/mol. The lowest BCUT2D eigenvalue weighted by Crippen LogP contribution is -2.53. The second kappa shape index (κ2) is 30.9. The molecule has 2 saturated heterocycles. The highest BCUT2D eigenvalue weighted by Gasteiger charge is 2.55. The number of anilines is 3. The summed E-state index contributed by atoms with van der Waals surface area (Å²) >= 11 is 0. The van der Waals surface area contributed by atoms with Gasteiger partial charge in [0.2, 0.25) is 11.8 Å². The van der Waals surface area contributed by atoms with Gasteiger partial charge in [0.05, 0.1) is 75.2 Å². The number of nitrogens with one attached hydrogen (secondary N) is 5. The van der Waals surface area contributed by atoms with Gasteiger partial charge in [-0.1, -0.05) is 92.8 Å². The van der Waals surface area contributed by atoms with Crippen molar-refractivity contribution in [3.05, 3.63) is 90.5 Å². The van der Waals surface area contributed by atoms with E-state index in [0.29, 0.717) is 44.0 Å². The van der Waals surface area contributed by atoms with Crippen LogP contribution >= 0.6 is 0 Å². The average molecular weight is 1340 g/mol. The highest BCUT2D eigenvalue weighted by molar-refractivity contribution is 6.74. The third kappa shape index (κ3) is 19.1. The highest BCUT2D eigenvalue weighted by Crippen LogP contribution is 2.57. The number of benzene rings is 3. The van der Waals surface area contributed by atoms with Gasteiger partial charge < -0.3 is 67.8 Å². The maximum absolute atomic E-state index is 15.1. The summed E-state index contributed by atoms with van der Waals surface area (Å²) in [5.74, 6) is -1.03. The van der Waals surface area contributed by atoms with Crippen LogP contribution < -0.4 is 45.5 Å². The molecule has 25 heteroatoms. The first-order valence-electron chi connectivity index (χ1n) is 32.5. The molecular formula is C69H101N7O16Si2. The Morgan fingerprint density at radius 3 is 1.44 bits per heavy atom. The number of amides is 7. The van der Waals surface area contributed by atoms with E-state index in [-0.39, 0.29) is 129 Å². The van der Waals surface area contributed by atoms with Gasteiger partial charge in [-0.05, 0) is 128 Å². The van der Waals surface area contributed by atoms with Crippen LogP contribution in [-0.2, 0) is 39.3 Å². The van der Waals surface area contributed by atoms with Gasteiger partial charge in [0, 0.05) is 37.3 Å². The molecule has 4 fully saturated rings. The molecule has 3 aromatic carbocycles. The Balaban J connectivity index is 1.06. The molecule has 0 bridgehead atoms. The lowest BCUT2D eigenvalue weighted by Gasteiger charge is -2.38. The fourth-order valence-electron chi connectivity index (χ4n) is 10.9. The van der Waals surface area contributed by atoms with Crippen molar-refractivity contribution in [2.75, 3.05) is 82.9 Å². The van der Waals surface area contributed by atoms with Crippen molar-refractivity contribution < 1.29 is 75.6 Å². The number of carbonyl (C=O) groups excluding carboxylic acids is 7. The summed E-state index contributed by atoms with van der Waals surface area (Å²) in [5.41, 5.74) is 1.68. The van der Waals surface area contributed by atoms with E-state index in [1.165, 1.54) is 39.4 Å². The predicted octanol–water partition coefficient (Wildman–Crippen LogP) is 12.4. The summed E-state index contributed by atoms with van der Waals surface area (Å²) in [5, 5.41) is 13.4. The van der Waals surface area contributed by atoms with Crippen LogP contribution in [0.15, 0.2) is 73.8 Å². The van der Waals surface area contributed by atoms with Crippen LogP contribution in [-0.4, -0.2) is 159 Å². The quantitative estimate of drug-likeness (QED) is 0.0180. The average Bonchev–Trinajstić information content (AvgIpc) is 1.62. The van der Waals surface area contributed by atoms with Crippen LogP contribution in [0, 0.1) is 16.7 Å². The maximum Gasteiger partial charge on any atom is 0.411 e. The molecule has 0 aromatic heterocycles. The third-order valence-electron chi connectivity index (χ3n) is 19.1. The van der Waals surface area contributed by atoms with Gasteiger partial charge in [-0.25, -0.2) is 14.4 Å². The van der Waals surface area contributed by atoms with Crippen molar-refractivity contribution in [2.24, 2.45) is 16.7 Å². The zero-order valence-electron chi connectivity index (χ0n) is 57.8. The molecule has 7 rings (SSSR count). The summed E-state index contributed by atoms with van der Waals surface area (Å²) in [6.07, 6.45) is 6.39. The Hall–Kier alpha value is -7.62. The SMILES string of the molecule is C=CCOC(=O)Nc1cc(OCCCOc2cc(NC(=O)OCc3ccc(NC(=O)[C@H](C)NC(=O)[C@@H](NC(=O)OCC=C)C(C)C)cc3)c(C(=O)N3CC4(CC4)C[C@H]3CO[Si](C)(C)C(C)(C)C)cc2OC)c(OC)cc1C(=O)N1CC2(CC2)C[C@H]1CO[Si](C)(C)C(C)(C)C. The molecule has 2 spiro atoms. The van der Waals surface area contributed by atoms with E-state index in [1.54, 1.807) is 56.3 Å². The molecule has 2 aliphatic carbocycles. The molecule has 4 aliphatic rings. The van der Waals surface area contributed by atoms with E-state index < -0.39 is 58.8 Å². The molecule has 2 saturated carbocycles. The molecule has 0 radical (unpaired) electrons. The minimum Gasteiger partial charge on any atom is -0.493 e. The lowest BCUT2D eigenvalue weighted by molar-refractivity contribution is -0.128. The van der Waals surface area contributed by atoms with Gasteiger partial charge in [0.1, 0.15) is 31.9 Å². The molecule has 3 aromatic rings. The third-order valence-corrected chi connectivity index (χ3v) is 28.1. The summed E-state index contributed by atoms with van der Waals surface area (Å²) < 4.78 is 53.8. The number of methoxy groups -OCH3 is 2. The molecule has 2 heterocycles. The number of nitrogens with zero attached hydrogens (tertiary/aromatic N) is 2. The fraction of sp³-hybridized carbons (Fsp3) is 0.580. The molecule has 516 valence electrons. The molecule has 23 nitrogen and oxygen atoms in total. The predicted molar refractivity (Wildman–Crippen MR) is 365 cm³/mol. The van der Waals surface area contributed by atoms with E-state index in [2.05, 4.69) is 107 Å². The molecule has 2 aliphatic heterocycles. The first kappa shape index (κ1) is 73.8. The van der Waals surface area contributed by atoms with Crippen molar-refractivity contribution in [2.45, 2.75) is 174 Å². The Kier molecular flexibility index (Phi) is 24.2. The Morgan fingerprint density at radius 2 is 1.03 bits per heavy atom. The molecule has 94 heavy (non-hydrogen) atoms. The van der Waals surface area contributed by atoms with Gasteiger partial charge in [-0.2, -0.15) is 0 Å². The fourth-order valence-corrected chi connectivity index (χ4v) is 13.0. The number of alkyl carbamates (subject to hydrolysis) is 1. The first-order valence-corrected chi connectivity index (χ1v) is 38.3. The topological polar surface area (TPSA) is 269 Å². The van der Waals surface area contributed by atoms with E-state index in [9.17, 15) is 28.8 Å². The van der Waals surface area contributed by atoms with Crippen molar-refractivity contribution in [1.29, 1.82) is 0 Å². The van der Waals surface area contributed by atoms with E-state index in [1.807, 2.05) is 9.80 Å².